The van der Waals surface area contributed by atoms with Crippen molar-refractivity contribution in [2.75, 3.05) is 33.1 Å². The van der Waals surface area contributed by atoms with Crippen molar-refractivity contribution in [3.05, 3.63) is 36.0 Å². The lowest BCUT2D eigenvalue weighted by atomic mass is 10.1. The highest BCUT2D eigenvalue weighted by molar-refractivity contribution is 6.09. The molecular weight excluding hydrogens is 266 g/mol. The molecule has 1 aromatic heterocycles. The number of benzene rings is 1. The first-order chi connectivity index (χ1) is 10.1. The molecule has 0 bridgehead atoms. The molecule has 0 saturated heterocycles. The van der Waals surface area contributed by atoms with E-state index in [9.17, 15) is 4.79 Å². The predicted octanol–water partition coefficient (Wildman–Crippen LogP) is 2.38. The normalized spacial score (nSPS) is 12.2. The molecule has 0 spiro atoms. The van der Waals surface area contributed by atoms with Gasteiger partial charge < -0.3 is 15.0 Å². The minimum atomic E-state index is -0.0501. The van der Waals surface area contributed by atoms with E-state index < -0.39 is 0 Å². The number of carbonyl (C=O) groups excluding carboxylic acids is 1. The van der Waals surface area contributed by atoms with Crippen LogP contribution in [0.3, 0.4) is 0 Å². The van der Waals surface area contributed by atoms with E-state index in [0.717, 1.165) is 16.6 Å². The highest BCUT2D eigenvalue weighted by Crippen LogP contribution is 2.25. The number of pyridine rings is 1. The minimum absolute atomic E-state index is 0.00485. The second kappa shape index (κ2) is 6.54. The Morgan fingerprint density at radius 2 is 2.05 bits per heavy atom. The number of rotatable bonds is 5. The molecule has 0 aliphatic heterocycles. The average molecular weight is 287 g/mol. The predicted molar refractivity (Wildman–Crippen MR) is 84.7 cm³/mol. The summed E-state index contributed by atoms with van der Waals surface area (Å²) < 4.78 is 5.12. The number of hydrogen-bond acceptors (Lipinski definition) is 4. The molecule has 1 amide bonds. The summed E-state index contributed by atoms with van der Waals surface area (Å²) in [6, 6.07) is 7.78. The molecule has 5 nitrogen and oxygen atoms in total. The molecule has 0 aliphatic rings. The molecule has 1 atom stereocenters. The van der Waals surface area contributed by atoms with Gasteiger partial charge in [-0.2, -0.15) is 0 Å². The zero-order chi connectivity index (χ0) is 15.4. The van der Waals surface area contributed by atoms with Crippen molar-refractivity contribution in [1.82, 2.24) is 9.88 Å². The van der Waals surface area contributed by atoms with Gasteiger partial charge in [-0.3, -0.25) is 4.79 Å². The topological polar surface area (TPSA) is 54.5 Å². The first-order valence-corrected chi connectivity index (χ1v) is 6.91. The van der Waals surface area contributed by atoms with Crippen molar-refractivity contribution in [2.24, 2.45) is 0 Å². The molecule has 1 aromatic carbocycles. The standard InChI is InChI=1S/C16H21N3O2/c1-11(10-21-4)19(3)16(20)14-9-18-15(17-2)13-8-6-5-7-12(13)14/h5-9,11H,10H2,1-4H3,(H,17,18). The maximum atomic E-state index is 12.7. The number of likely N-dealkylation sites (N-methyl/N-ethyl adjacent to an activating group) is 1. The van der Waals surface area contributed by atoms with E-state index in [1.165, 1.54) is 0 Å². The van der Waals surface area contributed by atoms with Crippen LogP contribution in [0.2, 0.25) is 0 Å². The Balaban J connectivity index is 2.45. The lowest BCUT2D eigenvalue weighted by Crippen LogP contribution is -2.38. The van der Waals surface area contributed by atoms with E-state index in [-0.39, 0.29) is 11.9 Å². The number of ether oxygens (including phenoxy) is 1. The van der Waals surface area contributed by atoms with Crippen LogP contribution >= 0.6 is 0 Å². The number of methoxy groups -OCH3 is 1. The van der Waals surface area contributed by atoms with E-state index in [1.807, 2.05) is 38.2 Å². The van der Waals surface area contributed by atoms with E-state index in [0.29, 0.717) is 12.2 Å². The van der Waals surface area contributed by atoms with Gasteiger partial charge in [0.25, 0.3) is 5.91 Å². The zero-order valence-electron chi connectivity index (χ0n) is 12.9. The highest BCUT2D eigenvalue weighted by Gasteiger charge is 2.20. The Kier molecular flexibility index (Phi) is 4.75. The number of nitrogens with one attached hydrogen (secondary N) is 1. The first kappa shape index (κ1) is 15.3. The van der Waals surface area contributed by atoms with Crippen molar-refractivity contribution in [2.45, 2.75) is 13.0 Å². The quantitative estimate of drug-likeness (QED) is 0.917. The van der Waals surface area contributed by atoms with Gasteiger partial charge in [0.2, 0.25) is 0 Å². The van der Waals surface area contributed by atoms with Crippen LogP contribution in [0.1, 0.15) is 17.3 Å². The number of nitrogens with zero attached hydrogens (tertiary/aromatic N) is 2. The minimum Gasteiger partial charge on any atom is -0.383 e. The molecule has 21 heavy (non-hydrogen) atoms. The zero-order valence-corrected chi connectivity index (χ0v) is 12.9. The maximum Gasteiger partial charge on any atom is 0.256 e. The molecule has 1 N–H and O–H groups in total. The molecule has 0 saturated carbocycles. The second-order valence-corrected chi connectivity index (χ2v) is 5.04. The number of fused-ring (bicyclic) bond motifs is 1. The Bertz CT molecular complexity index is 642. The van der Waals surface area contributed by atoms with Gasteiger partial charge in [-0.1, -0.05) is 24.3 Å². The fourth-order valence-electron chi connectivity index (χ4n) is 2.31. The van der Waals surface area contributed by atoms with Crippen LogP contribution in [0.25, 0.3) is 10.8 Å². The number of aromatic nitrogens is 1. The molecule has 1 heterocycles. The highest BCUT2D eigenvalue weighted by atomic mass is 16.5. The summed E-state index contributed by atoms with van der Waals surface area (Å²) in [5.74, 6) is 0.723. The van der Waals surface area contributed by atoms with Crippen LogP contribution in [-0.4, -0.2) is 49.6 Å². The van der Waals surface area contributed by atoms with E-state index in [1.54, 1.807) is 25.3 Å². The van der Waals surface area contributed by atoms with Crippen LogP contribution in [-0.2, 0) is 4.74 Å². The lowest BCUT2D eigenvalue weighted by Gasteiger charge is -2.25. The third kappa shape index (κ3) is 2.97. The summed E-state index contributed by atoms with van der Waals surface area (Å²) in [5, 5.41) is 4.90. The summed E-state index contributed by atoms with van der Waals surface area (Å²) in [4.78, 5) is 18.7. The molecule has 2 aromatic rings. The van der Waals surface area contributed by atoms with Crippen molar-refractivity contribution in [1.29, 1.82) is 0 Å². The van der Waals surface area contributed by atoms with E-state index in [4.69, 9.17) is 4.74 Å². The third-order valence-electron chi connectivity index (χ3n) is 3.65. The van der Waals surface area contributed by atoms with Crippen molar-refractivity contribution in [3.63, 3.8) is 0 Å². The molecule has 0 fully saturated rings. The van der Waals surface area contributed by atoms with Crippen LogP contribution in [0, 0.1) is 0 Å². The average Bonchev–Trinajstić information content (AvgIpc) is 2.52. The Labute approximate surface area is 124 Å². The fourth-order valence-corrected chi connectivity index (χ4v) is 2.31. The molecule has 0 aliphatic carbocycles. The third-order valence-corrected chi connectivity index (χ3v) is 3.65. The summed E-state index contributed by atoms with van der Waals surface area (Å²) in [7, 11) is 5.24. The van der Waals surface area contributed by atoms with Crippen LogP contribution in [0.5, 0.6) is 0 Å². The van der Waals surface area contributed by atoms with Gasteiger partial charge in [-0.15, -0.1) is 0 Å². The van der Waals surface area contributed by atoms with Crippen LogP contribution in [0.4, 0.5) is 5.82 Å². The molecule has 2 rings (SSSR count). The van der Waals surface area contributed by atoms with Crippen molar-refractivity contribution in [3.8, 4) is 0 Å². The number of amides is 1. The number of hydrogen-bond donors (Lipinski definition) is 1. The monoisotopic (exact) mass is 287 g/mol. The number of carbonyl (C=O) groups is 1. The van der Waals surface area contributed by atoms with Gasteiger partial charge in [-0.25, -0.2) is 4.98 Å². The number of anilines is 1. The van der Waals surface area contributed by atoms with Crippen molar-refractivity contribution >= 4 is 22.5 Å². The van der Waals surface area contributed by atoms with Gasteiger partial charge in [0.1, 0.15) is 5.82 Å². The van der Waals surface area contributed by atoms with Gasteiger partial charge >= 0.3 is 0 Å². The molecule has 1 unspecified atom stereocenters. The van der Waals surface area contributed by atoms with Crippen LogP contribution < -0.4 is 5.32 Å². The smallest absolute Gasteiger partial charge is 0.256 e. The molecule has 5 heteroatoms. The van der Waals surface area contributed by atoms with Gasteiger partial charge in [0.05, 0.1) is 18.2 Å². The van der Waals surface area contributed by atoms with Gasteiger partial charge in [0, 0.05) is 32.8 Å². The Morgan fingerprint density at radius 3 is 2.67 bits per heavy atom. The second-order valence-electron chi connectivity index (χ2n) is 5.04. The maximum absolute atomic E-state index is 12.7. The largest absolute Gasteiger partial charge is 0.383 e. The first-order valence-electron chi connectivity index (χ1n) is 6.91. The summed E-state index contributed by atoms with van der Waals surface area (Å²) in [6.45, 7) is 2.46. The van der Waals surface area contributed by atoms with Gasteiger partial charge in [0.15, 0.2) is 0 Å². The Morgan fingerprint density at radius 1 is 1.38 bits per heavy atom. The fraction of sp³-hybridized carbons (Fsp3) is 0.375. The Hall–Kier alpha value is -2.14. The summed E-state index contributed by atoms with van der Waals surface area (Å²) in [5.41, 5.74) is 0.607. The lowest BCUT2D eigenvalue weighted by molar-refractivity contribution is 0.0635. The summed E-state index contributed by atoms with van der Waals surface area (Å²) in [6.07, 6.45) is 1.63. The molecule has 0 radical (unpaired) electrons. The van der Waals surface area contributed by atoms with Crippen molar-refractivity contribution < 1.29 is 9.53 Å². The SMILES string of the molecule is CNc1ncc(C(=O)N(C)C(C)COC)c2ccccc12. The van der Waals surface area contributed by atoms with E-state index in [2.05, 4.69) is 10.3 Å². The van der Waals surface area contributed by atoms with E-state index >= 15 is 0 Å². The van der Waals surface area contributed by atoms with Gasteiger partial charge in [-0.05, 0) is 12.3 Å². The summed E-state index contributed by atoms with van der Waals surface area (Å²) >= 11 is 0. The molecule has 112 valence electrons. The van der Waals surface area contributed by atoms with Crippen LogP contribution in [0.15, 0.2) is 30.5 Å². The molecular formula is C16H21N3O2.